The Bertz CT molecular complexity index is 365. The molecule has 0 aliphatic carbocycles. The van der Waals surface area contributed by atoms with E-state index < -0.39 is 5.97 Å². The molecule has 106 valence electrons. The Kier molecular flexibility index (Phi) is 8.34. The zero-order valence-corrected chi connectivity index (χ0v) is 12.3. The molecule has 0 heterocycles. The van der Waals surface area contributed by atoms with Crippen molar-refractivity contribution in [2.45, 2.75) is 32.2 Å². The summed E-state index contributed by atoms with van der Waals surface area (Å²) in [7, 11) is 0. The quantitative estimate of drug-likeness (QED) is 0.647. The van der Waals surface area contributed by atoms with Crippen LogP contribution in [0.2, 0.25) is 0 Å². The molecule has 0 aromatic heterocycles. The van der Waals surface area contributed by atoms with Crippen LogP contribution in [0.25, 0.3) is 0 Å². The number of unbranched alkanes of at least 4 members (excludes halogenated alkanes) is 2. The summed E-state index contributed by atoms with van der Waals surface area (Å²) in [6.07, 6.45) is 6.05. The highest BCUT2D eigenvalue weighted by atomic mass is 32.2. The third-order valence-corrected chi connectivity index (χ3v) is 3.61. The van der Waals surface area contributed by atoms with Crippen molar-refractivity contribution in [1.82, 2.24) is 5.32 Å². The standard InChI is InChI=1S/C15H23NO2S/c1-19-10-4-2-3-9-16-12-14-7-5-13(6-8-14)11-15(17)18/h5-8,16H,2-4,9-12H2,1H3,(H,17,18). The number of hydrogen-bond acceptors (Lipinski definition) is 3. The van der Waals surface area contributed by atoms with Gasteiger partial charge in [0, 0.05) is 6.54 Å². The van der Waals surface area contributed by atoms with Crippen molar-refractivity contribution in [3.63, 3.8) is 0 Å². The smallest absolute Gasteiger partial charge is 0.307 e. The van der Waals surface area contributed by atoms with Crippen LogP contribution in [0.15, 0.2) is 24.3 Å². The minimum Gasteiger partial charge on any atom is -0.481 e. The summed E-state index contributed by atoms with van der Waals surface area (Å²) < 4.78 is 0. The Labute approximate surface area is 119 Å². The van der Waals surface area contributed by atoms with Crippen LogP contribution in [0.5, 0.6) is 0 Å². The highest BCUT2D eigenvalue weighted by Gasteiger charge is 2.00. The molecule has 3 nitrogen and oxygen atoms in total. The molecule has 0 saturated carbocycles. The van der Waals surface area contributed by atoms with Crippen LogP contribution in [0.1, 0.15) is 30.4 Å². The van der Waals surface area contributed by atoms with Crippen molar-refractivity contribution in [3.05, 3.63) is 35.4 Å². The van der Waals surface area contributed by atoms with Gasteiger partial charge in [0.15, 0.2) is 0 Å². The first kappa shape index (κ1) is 16.1. The monoisotopic (exact) mass is 281 g/mol. The number of carboxylic acid groups (broad SMARTS) is 1. The number of thioether (sulfide) groups is 1. The largest absolute Gasteiger partial charge is 0.481 e. The molecule has 0 amide bonds. The first-order valence-corrected chi connectivity index (χ1v) is 8.11. The molecule has 0 fully saturated rings. The van der Waals surface area contributed by atoms with Crippen LogP contribution in [-0.4, -0.2) is 29.6 Å². The highest BCUT2D eigenvalue weighted by molar-refractivity contribution is 7.98. The van der Waals surface area contributed by atoms with E-state index in [-0.39, 0.29) is 6.42 Å². The molecule has 19 heavy (non-hydrogen) atoms. The molecular formula is C15H23NO2S. The Morgan fingerprint density at radius 3 is 2.47 bits per heavy atom. The molecule has 1 aromatic rings. The molecule has 0 bridgehead atoms. The number of hydrogen-bond donors (Lipinski definition) is 2. The second kappa shape index (κ2) is 9.87. The van der Waals surface area contributed by atoms with Gasteiger partial charge in [-0.2, -0.15) is 11.8 Å². The molecule has 0 radical (unpaired) electrons. The SMILES string of the molecule is CSCCCCCNCc1ccc(CC(=O)O)cc1. The topological polar surface area (TPSA) is 49.3 Å². The molecule has 0 aliphatic heterocycles. The Balaban J connectivity index is 2.14. The maximum atomic E-state index is 10.6. The van der Waals surface area contributed by atoms with Crippen LogP contribution >= 0.6 is 11.8 Å². The van der Waals surface area contributed by atoms with E-state index in [1.807, 2.05) is 36.0 Å². The van der Waals surface area contributed by atoms with Crippen molar-refractivity contribution in [3.8, 4) is 0 Å². The van der Waals surface area contributed by atoms with Gasteiger partial charge in [0.1, 0.15) is 0 Å². The molecule has 1 aromatic carbocycles. The summed E-state index contributed by atoms with van der Waals surface area (Å²) in [4.78, 5) is 10.6. The molecule has 0 aliphatic rings. The average Bonchev–Trinajstić information content (AvgIpc) is 2.39. The molecule has 0 spiro atoms. The predicted octanol–water partition coefficient (Wildman–Crippen LogP) is 2.94. The number of carbonyl (C=O) groups is 1. The Hall–Kier alpha value is -1.00. The van der Waals surface area contributed by atoms with Gasteiger partial charge in [-0.3, -0.25) is 4.79 Å². The number of aliphatic carboxylic acids is 1. The summed E-state index contributed by atoms with van der Waals surface area (Å²) in [5.41, 5.74) is 2.06. The first-order chi connectivity index (χ1) is 9.22. The van der Waals surface area contributed by atoms with Crippen LogP contribution in [0, 0.1) is 0 Å². The van der Waals surface area contributed by atoms with Gasteiger partial charge in [0.25, 0.3) is 0 Å². The van der Waals surface area contributed by atoms with Crippen molar-refractivity contribution in [2.24, 2.45) is 0 Å². The molecule has 4 heteroatoms. The molecule has 0 saturated heterocycles. The van der Waals surface area contributed by atoms with E-state index in [1.165, 1.54) is 30.6 Å². The van der Waals surface area contributed by atoms with Gasteiger partial charge in [-0.05, 0) is 42.5 Å². The number of rotatable bonds is 10. The van der Waals surface area contributed by atoms with Crippen molar-refractivity contribution in [1.29, 1.82) is 0 Å². The number of benzene rings is 1. The van der Waals surface area contributed by atoms with Gasteiger partial charge in [0.2, 0.25) is 0 Å². The maximum Gasteiger partial charge on any atom is 0.307 e. The Morgan fingerprint density at radius 2 is 1.84 bits per heavy atom. The van der Waals surface area contributed by atoms with E-state index in [2.05, 4.69) is 11.6 Å². The van der Waals surface area contributed by atoms with Gasteiger partial charge < -0.3 is 10.4 Å². The van der Waals surface area contributed by atoms with Crippen LogP contribution in [-0.2, 0) is 17.8 Å². The van der Waals surface area contributed by atoms with E-state index in [4.69, 9.17) is 5.11 Å². The van der Waals surface area contributed by atoms with Crippen molar-refractivity contribution in [2.75, 3.05) is 18.6 Å². The highest BCUT2D eigenvalue weighted by Crippen LogP contribution is 2.05. The molecule has 0 atom stereocenters. The van der Waals surface area contributed by atoms with Crippen LogP contribution < -0.4 is 5.32 Å². The van der Waals surface area contributed by atoms with Gasteiger partial charge in [0.05, 0.1) is 6.42 Å². The first-order valence-electron chi connectivity index (χ1n) is 6.71. The number of nitrogens with one attached hydrogen (secondary N) is 1. The fourth-order valence-corrected chi connectivity index (χ4v) is 2.35. The normalized spacial score (nSPS) is 10.6. The summed E-state index contributed by atoms with van der Waals surface area (Å²) in [5, 5.41) is 12.1. The van der Waals surface area contributed by atoms with E-state index in [0.29, 0.717) is 0 Å². The third kappa shape index (κ3) is 7.90. The summed E-state index contributed by atoms with van der Waals surface area (Å²) in [6.45, 7) is 1.90. The minimum absolute atomic E-state index is 0.100. The predicted molar refractivity (Wildman–Crippen MR) is 81.7 cm³/mol. The summed E-state index contributed by atoms with van der Waals surface area (Å²) in [5.74, 6) is 0.474. The van der Waals surface area contributed by atoms with Crippen LogP contribution in [0.3, 0.4) is 0 Å². The summed E-state index contributed by atoms with van der Waals surface area (Å²) in [6, 6.07) is 7.78. The van der Waals surface area contributed by atoms with E-state index in [9.17, 15) is 4.79 Å². The van der Waals surface area contributed by atoms with E-state index in [0.717, 1.165) is 18.7 Å². The molecule has 2 N–H and O–H groups in total. The third-order valence-electron chi connectivity index (χ3n) is 2.91. The second-order valence-corrected chi connectivity index (χ2v) is 5.60. The Morgan fingerprint density at radius 1 is 1.16 bits per heavy atom. The van der Waals surface area contributed by atoms with Gasteiger partial charge in [-0.25, -0.2) is 0 Å². The maximum absolute atomic E-state index is 10.6. The lowest BCUT2D eigenvalue weighted by Gasteiger charge is -2.05. The zero-order valence-electron chi connectivity index (χ0n) is 11.5. The lowest BCUT2D eigenvalue weighted by atomic mass is 10.1. The summed E-state index contributed by atoms with van der Waals surface area (Å²) >= 11 is 1.91. The van der Waals surface area contributed by atoms with Crippen molar-refractivity contribution >= 4 is 17.7 Å². The van der Waals surface area contributed by atoms with Gasteiger partial charge in [-0.1, -0.05) is 30.7 Å². The molecule has 0 unspecified atom stereocenters. The molecular weight excluding hydrogens is 258 g/mol. The van der Waals surface area contributed by atoms with Gasteiger partial charge in [-0.15, -0.1) is 0 Å². The number of carboxylic acids is 1. The lowest BCUT2D eigenvalue weighted by Crippen LogP contribution is -2.14. The lowest BCUT2D eigenvalue weighted by molar-refractivity contribution is -0.136. The van der Waals surface area contributed by atoms with Crippen molar-refractivity contribution < 1.29 is 9.90 Å². The average molecular weight is 281 g/mol. The fraction of sp³-hybridized carbons (Fsp3) is 0.533. The van der Waals surface area contributed by atoms with Crippen LogP contribution in [0.4, 0.5) is 0 Å². The second-order valence-electron chi connectivity index (χ2n) is 4.62. The van der Waals surface area contributed by atoms with Gasteiger partial charge >= 0.3 is 5.97 Å². The van der Waals surface area contributed by atoms with E-state index in [1.54, 1.807) is 0 Å². The molecule has 1 rings (SSSR count). The zero-order chi connectivity index (χ0) is 13.9. The minimum atomic E-state index is -0.781. The fourth-order valence-electron chi connectivity index (χ4n) is 1.86. The van der Waals surface area contributed by atoms with E-state index >= 15 is 0 Å².